The van der Waals surface area contributed by atoms with Crippen molar-refractivity contribution in [1.82, 2.24) is 9.78 Å². The maximum absolute atomic E-state index is 12.2. The second-order valence-corrected chi connectivity index (χ2v) is 6.16. The highest BCUT2D eigenvalue weighted by Crippen LogP contribution is 2.24. The van der Waals surface area contributed by atoms with Gasteiger partial charge in [0.05, 0.1) is 6.61 Å². The number of anilines is 4. The van der Waals surface area contributed by atoms with E-state index in [0.717, 1.165) is 16.1 Å². The lowest BCUT2D eigenvalue weighted by atomic mass is 10.3. The van der Waals surface area contributed by atoms with Crippen molar-refractivity contribution in [2.75, 3.05) is 17.2 Å². The van der Waals surface area contributed by atoms with Crippen LogP contribution in [0.2, 0.25) is 10.0 Å². The van der Waals surface area contributed by atoms with Crippen LogP contribution in [-0.4, -0.2) is 22.5 Å². The molecular weight excluding hydrogens is 375 g/mol. The van der Waals surface area contributed by atoms with Crippen molar-refractivity contribution < 1.29 is 9.53 Å². The average Bonchev–Trinajstić information content (AvgIpc) is 3.02. The number of carbonyl (C=O) groups is 1. The Hall–Kier alpha value is -2.70. The molecule has 2 N–H and O–H groups in total. The monoisotopic (exact) mass is 390 g/mol. The molecule has 0 aliphatic carbocycles. The van der Waals surface area contributed by atoms with Gasteiger partial charge in [-0.3, -0.25) is 0 Å². The molecule has 0 amide bonds. The van der Waals surface area contributed by atoms with Crippen LogP contribution < -0.4 is 10.6 Å². The summed E-state index contributed by atoms with van der Waals surface area (Å²) < 4.78 is 6.22. The van der Waals surface area contributed by atoms with E-state index in [4.69, 9.17) is 27.9 Å². The summed E-state index contributed by atoms with van der Waals surface area (Å²) in [5.41, 5.74) is 1.55. The summed E-state index contributed by atoms with van der Waals surface area (Å²) >= 11 is 11.8. The summed E-state index contributed by atoms with van der Waals surface area (Å²) in [5.74, 6) is 0.944. The van der Waals surface area contributed by atoms with Crippen molar-refractivity contribution in [1.29, 1.82) is 0 Å². The molecule has 3 aromatic rings. The van der Waals surface area contributed by atoms with Crippen molar-refractivity contribution in [2.24, 2.45) is 0 Å². The zero-order chi connectivity index (χ0) is 18.5. The number of benzene rings is 2. The van der Waals surface area contributed by atoms with Crippen LogP contribution in [0.1, 0.15) is 6.92 Å². The zero-order valence-electron chi connectivity index (χ0n) is 13.9. The molecule has 0 radical (unpaired) electrons. The van der Waals surface area contributed by atoms with E-state index in [2.05, 4.69) is 15.7 Å². The van der Waals surface area contributed by atoms with Crippen molar-refractivity contribution in [3.05, 3.63) is 64.6 Å². The third kappa shape index (κ3) is 4.47. The van der Waals surface area contributed by atoms with Crippen LogP contribution in [0.15, 0.2) is 54.6 Å². The van der Waals surface area contributed by atoms with Crippen molar-refractivity contribution >= 4 is 52.3 Å². The molecule has 26 heavy (non-hydrogen) atoms. The van der Waals surface area contributed by atoms with Gasteiger partial charge in [-0.1, -0.05) is 23.2 Å². The van der Waals surface area contributed by atoms with Crippen LogP contribution in [0, 0.1) is 0 Å². The molecule has 6 nitrogen and oxygen atoms in total. The lowest BCUT2D eigenvalue weighted by Crippen LogP contribution is -2.17. The van der Waals surface area contributed by atoms with Gasteiger partial charge >= 0.3 is 6.09 Å². The molecule has 0 aliphatic rings. The van der Waals surface area contributed by atoms with E-state index < -0.39 is 6.09 Å². The zero-order valence-corrected chi connectivity index (χ0v) is 15.4. The molecule has 134 valence electrons. The fourth-order valence-electron chi connectivity index (χ4n) is 2.22. The summed E-state index contributed by atoms with van der Waals surface area (Å²) in [6.07, 6.45) is -0.576. The van der Waals surface area contributed by atoms with Gasteiger partial charge in [-0.25, -0.2) is 4.79 Å². The molecule has 8 heteroatoms. The highest BCUT2D eigenvalue weighted by molar-refractivity contribution is 6.30. The molecule has 0 bridgehead atoms. The third-order valence-electron chi connectivity index (χ3n) is 3.38. The van der Waals surface area contributed by atoms with Crippen LogP contribution >= 0.6 is 23.2 Å². The molecule has 1 aromatic heterocycles. The van der Waals surface area contributed by atoms with Gasteiger partial charge < -0.3 is 15.4 Å². The molecule has 0 saturated carbocycles. The molecule has 0 spiro atoms. The molecule has 1 heterocycles. The van der Waals surface area contributed by atoms with Crippen LogP contribution in [0.4, 0.5) is 27.8 Å². The highest BCUT2D eigenvalue weighted by atomic mass is 35.5. The number of hydrogen-bond donors (Lipinski definition) is 2. The van der Waals surface area contributed by atoms with Gasteiger partial charge in [0, 0.05) is 27.5 Å². The van der Waals surface area contributed by atoms with Gasteiger partial charge in [0.1, 0.15) is 5.82 Å². The number of carbonyl (C=O) groups excluding carboxylic acids is 1. The number of aromatic nitrogens is 2. The first-order valence-electron chi connectivity index (χ1n) is 7.87. The lowest BCUT2D eigenvalue weighted by molar-refractivity contribution is 0.151. The topological polar surface area (TPSA) is 68.2 Å². The maximum atomic E-state index is 12.2. The fourth-order valence-corrected chi connectivity index (χ4v) is 2.47. The number of ether oxygens (including phenoxy) is 1. The van der Waals surface area contributed by atoms with Crippen LogP contribution in [0.3, 0.4) is 0 Å². The van der Waals surface area contributed by atoms with E-state index in [1.54, 1.807) is 49.4 Å². The summed E-state index contributed by atoms with van der Waals surface area (Å²) in [7, 11) is 0. The Labute approximate surface area is 160 Å². The number of nitrogens with zero attached hydrogens (tertiary/aromatic N) is 2. The molecule has 0 saturated heterocycles. The average molecular weight is 391 g/mol. The Morgan fingerprint density at radius 2 is 1.54 bits per heavy atom. The van der Waals surface area contributed by atoms with Crippen LogP contribution in [-0.2, 0) is 4.74 Å². The van der Waals surface area contributed by atoms with E-state index in [1.165, 1.54) is 0 Å². The number of nitrogens with one attached hydrogen (secondary N) is 2. The summed E-state index contributed by atoms with van der Waals surface area (Å²) in [5, 5.41) is 11.8. The van der Waals surface area contributed by atoms with Crippen molar-refractivity contribution in [3.8, 4) is 0 Å². The minimum Gasteiger partial charge on any atom is -0.448 e. The smallest absolute Gasteiger partial charge is 0.436 e. The Morgan fingerprint density at radius 1 is 1.00 bits per heavy atom. The van der Waals surface area contributed by atoms with Crippen molar-refractivity contribution in [2.45, 2.75) is 6.92 Å². The Morgan fingerprint density at radius 3 is 2.08 bits per heavy atom. The first-order chi connectivity index (χ1) is 12.5. The summed E-state index contributed by atoms with van der Waals surface area (Å²) in [6.45, 7) is 1.99. The Bertz CT molecular complexity index is 893. The quantitative estimate of drug-likeness (QED) is 0.586. The summed E-state index contributed by atoms with van der Waals surface area (Å²) in [4.78, 5) is 12.2. The predicted octanol–water partition coefficient (Wildman–Crippen LogP) is 5.68. The first kappa shape index (κ1) is 18.1. The van der Waals surface area contributed by atoms with Gasteiger partial charge in [-0.2, -0.15) is 0 Å². The SMILES string of the molecule is CCOC(=O)n1nc(Nc2ccc(Cl)cc2)cc1Nc1ccc(Cl)cc1. The van der Waals surface area contributed by atoms with Gasteiger partial charge in [-0.05, 0) is 55.5 Å². The minimum atomic E-state index is -0.576. The normalized spacial score (nSPS) is 10.4. The first-order valence-corrected chi connectivity index (χ1v) is 8.63. The second-order valence-electron chi connectivity index (χ2n) is 5.29. The van der Waals surface area contributed by atoms with E-state index in [0.29, 0.717) is 21.7 Å². The third-order valence-corrected chi connectivity index (χ3v) is 3.89. The molecule has 0 aliphatic heterocycles. The van der Waals surface area contributed by atoms with Gasteiger partial charge in [0.25, 0.3) is 0 Å². The minimum absolute atomic E-state index is 0.249. The molecule has 0 unspecified atom stereocenters. The summed E-state index contributed by atoms with van der Waals surface area (Å²) in [6, 6.07) is 16.0. The highest BCUT2D eigenvalue weighted by Gasteiger charge is 2.16. The van der Waals surface area contributed by atoms with Gasteiger partial charge in [0.2, 0.25) is 0 Å². The Kier molecular flexibility index (Phi) is 5.65. The van der Waals surface area contributed by atoms with Crippen LogP contribution in [0.25, 0.3) is 0 Å². The van der Waals surface area contributed by atoms with Crippen molar-refractivity contribution in [3.63, 3.8) is 0 Å². The standard InChI is InChI=1S/C18H16Cl2N4O2/c1-2-26-18(25)24-17(22-15-9-5-13(20)6-10-15)11-16(23-24)21-14-7-3-12(19)4-8-14/h3-11,22H,2H2,1H3,(H,21,23). The predicted molar refractivity (Wildman–Crippen MR) is 104 cm³/mol. The van der Waals surface area contributed by atoms with E-state index in [-0.39, 0.29) is 6.61 Å². The molecule has 0 atom stereocenters. The number of halogens is 2. The number of rotatable bonds is 5. The van der Waals surface area contributed by atoms with Gasteiger partial charge in [0.15, 0.2) is 5.82 Å². The Balaban J connectivity index is 1.87. The van der Waals surface area contributed by atoms with Crippen LogP contribution in [0.5, 0.6) is 0 Å². The fraction of sp³-hybridized carbons (Fsp3) is 0.111. The molecule has 3 rings (SSSR count). The maximum Gasteiger partial charge on any atom is 0.436 e. The van der Waals surface area contributed by atoms with Gasteiger partial charge in [-0.15, -0.1) is 9.78 Å². The molecular formula is C18H16Cl2N4O2. The van der Waals surface area contributed by atoms with E-state index >= 15 is 0 Å². The molecule has 0 fully saturated rings. The number of hydrogen-bond acceptors (Lipinski definition) is 5. The van der Waals surface area contributed by atoms with E-state index in [9.17, 15) is 4.79 Å². The second kappa shape index (κ2) is 8.12. The largest absolute Gasteiger partial charge is 0.448 e. The molecule has 2 aromatic carbocycles. The lowest BCUT2D eigenvalue weighted by Gasteiger charge is -2.08. The van der Waals surface area contributed by atoms with E-state index in [1.807, 2.05) is 12.1 Å².